The monoisotopic (exact) mass is 307 g/mol. The van der Waals surface area contributed by atoms with E-state index in [2.05, 4.69) is 6.58 Å². The number of carbonyl (C=O) groups is 2. The molecule has 0 bridgehead atoms. The van der Waals surface area contributed by atoms with Crippen LogP contribution in [0.5, 0.6) is 11.5 Å². The highest BCUT2D eigenvalue weighted by atomic mass is 16.5. The topological polar surface area (TPSA) is 65.1 Å². The Kier molecular flexibility index (Phi) is 6.95. The van der Waals surface area contributed by atoms with E-state index in [0.29, 0.717) is 11.5 Å². The van der Waals surface area contributed by atoms with Gasteiger partial charge < -0.3 is 19.1 Å². The number of carbonyl (C=O) groups excluding carboxylic acids is 2. The highest BCUT2D eigenvalue weighted by Crippen LogP contribution is 2.31. The number of esters is 1. The summed E-state index contributed by atoms with van der Waals surface area (Å²) in [6.07, 6.45) is 1.55. The minimum absolute atomic E-state index is 0.148. The normalized spacial score (nSPS) is 9.77. The molecule has 0 radical (unpaired) electrons. The zero-order valence-electron chi connectivity index (χ0n) is 13.1. The Morgan fingerprint density at radius 2 is 2.00 bits per heavy atom. The summed E-state index contributed by atoms with van der Waals surface area (Å²) < 4.78 is 15.3. The van der Waals surface area contributed by atoms with Crippen LogP contribution in [-0.2, 0) is 20.9 Å². The molecular formula is C16H21NO5. The van der Waals surface area contributed by atoms with E-state index >= 15 is 0 Å². The summed E-state index contributed by atoms with van der Waals surface area (Å²) in [6.45, 7) is 5.80. The molecule has 1 aromatic rings. The first kappa shape index (κ1) is 17.6. The number of hydrogen-bond acceptors (Lipinski definition) is 5. The number of methoxy groups -OCH3 is 2. The predicted octanol–water partition coefficient (Wildman–Crippen LogP) is 1.78. The molecule has 0 heterocycles. The van der Waals surface area contributed by atoms with Gasteiger partial charge in [0.15, 0.2) is 11.5 Å². The van der Waals surface area contributed by atoms with Crippen LogP contribution in [0.3, 0.4) is 0 Å². The third-order valence-corrected chi connectivity index (χ3v) is 2.93. The second kappa shape index (κ2) is 8.71. The van der Waals surface area contributed by atoms with Gasteiger partial charge in [-0.15, -0.1) is 6.58 Å². The van der Waals surface area contributed by atoms with Gasteiger partial charge in [0, 0.05) is 12.1 Å². The summed E-state index contributed by atoms with van der Waals surface area (Å²) in [6, 6.07) is 5.35. The second-order valence-electron chi connectivity index (χ2n) is 4.35. The van der Waals surface area contributed by atoms with E-state index in [9.17, 15) is 9.59 Å². The summed E-state index contributed by atoms with van der Waals surface area (Å²) in [5, 5.41) is 0. The van der Waals surface area contributed by atoms with Crippen LogP contribution in [0.15, 0.2) is 30.9 Å². The first-order valence-electron chi connectivity index (χ1n) is 6.85. The maximum absolute atomic E-state index is 12.1. The zero-order chi connectivity index (χ0) is 16.5. The van der Waals surface area contributed by atoms with E-state index in [1.807, 2.05) is 0 Å². The molecule has 6 nitrogen and oxygen atoms in total. The molecule has 1 amide bonds. The summed E-state index contributed by atoms with van der Waals surface area (Å²) in [5.74, 6) is -0.518. The number of ether oxygens (including phenoxy) is 3. The third kappa shape index (κ3) is 4.25. The maximum atomic E-state index is 12.1. The van der Waals surface area contributed by atoms with E-state index in [1.165, 1.54) is 19.1 Å². The summed E-state index contributed by atoms with van der Waals surface area (Å²) in [5.41, 5.74) is 0.723. The van der Waals surface area contributed by atoms with Crippen molar-refractivity contribution < 1.29 is 23.8 Å². The van der Waals surface area contributed by atoms with Crippen LogP contribution in [0.1, 0.15) is 12.5 Å². The molecule has 0 atom stereocenters. The molecule has 0 aliphatic carbocycles. The van der Waals surface area contributed by atoms with E-state index in [1.54, 1.807) is 31.2 Å². The average molecular weight is 307 g/mol. The minimum Gasteiger partial charge on any atom is -0.493 e. The van der Waals surface area contributed by atoms with Crippen molar-refractivity contribution in [3.63, 3.8) is 0 Å². The Balaban J connectivity index is 3.03. The fourth-order valence-corrected chi connectivity index (χ4v) is 1.98. The molecule has 0 aromatic heterocycles. The molecule has 0 fully saturated rings. The first-order valence-corrected chi connectivity index (χ1v) is 6.85. The number of para-hydroxylation sites is 1. The number of benzene rings is 1. The van der Waals surface area contributed by atoms with Crippen molar-refractivity contribution in [2.75, 3.05) is 27.4 Å². The standard InChI is InChI=1S/C16H21NO5/c1-5-10-17(15(18)16(19)22-6-2)11-12-8-7-9-13(20-3)14(12)21-4/h5,7-9H,1,6,10-11H2,2-4H3. The Labute approximate surface area is 130 Å². The lowest BCUT2D eigenvalue weighted by atomic mass is 10.1. The van der Waals surface area contributed by atoms with E-state index in [4.69, 9.17) is 14.2 Å². The number of nitrogens with zero attached hydrogens (tertiary/aromatic N) is 1. The van der Waals surface area contributed by atoms with Gasteiger partial charge in [-0.2, -0.15) is 0 Å². The van der Waals surface area contributed by atoms with Gasteiger partial charge in [0.2, 0.25) is 0 Å². The van der Waals surface area contributed by atoms with E-state index in [0.717, 1.165) is 5.56 Å². The minimum atomic E-state index is -0.883. The maximum Gasteiger partial charge on any atom is 0.397 e. The fraction of sp³-hybridized carbons (Fsp3) is 0.375. The molecule has 0 saturated carbocycles. The molecule has 22 heavy (non-hydrogen) atoms. The van der Waals surface area contributed by atoms with E-state index < -0.39 is 11.9 Å². The fourth-order valence-electron chi connectivity index (χ4n) is 1.98. The van der Waals surface area contributed by atoms with Gasteiger partial charge in [-0.05, 0) is 13.0 Å². The van der Waals surface area contributed by atoms with Gasteiger partial charge in [0.1, 0.15) is 0 Å². The van der Waals surface area contributed by atoms with Gasteiger partial charge in [0.25, 0.3) is 0 Å². The van der Waals surface area contributed by atoms with Gasteiger partial charge in [0.05, 0.1) is 27.4 Å². The van der Waals surface area contributed by atoms with Crippen LogP contribution >= 0.6 is 0 Å². The molecule has 1 rings (SSSR count). The summed E-state index contributed by atoms with van der Waals surface area (Å²) in [4.78, 5) is 25.1. The Morgan fingerprint density at radius 1 is 1.27 bits per heavy atom. The van der Waals surface area contributed by atoms with Crippen molar-refractivity contribution in [2.24, 2.45) is 0 Å². The molecule has 0 N–H and O–H groups in total. The van der Waals surface area contributed by atoms with Crippen LogP contribution in [-0.4, -0.2) is 44.1 Å². The molecule has 120 valence electrons. The van der Waals surface area contributed by atoms with Gasteiger partial charge in [-0.1, -0.05) is 18.2 Å². The molecule has 0 aliphatic rings. The van der Waals surface area contributed by atoms with E-state index in [-0.39, 0.29) is 19.7 Å². The Morgan fingerprint density at radius 3 is 2.55 bits per heavy atom. The smallest absolute Gasteiger partial charge is 0.397 e. The first-order chi connectivity index (χ1) is 10.6. The quantitative estimate of drug-likeness (QED) is 0.436. The lowest BCUT2D eigenvalue weighted by Gasteiger charge is -2.22. The second-order valence-corrected chi connectivity index (χ2v) is 4.35. The van der Waals surface area contributed by atoms with Crippen molar-refractivity contribution in [3.05, 3.63) is 36.4 Å². The zero-order valence-corrected chi connectivity index (χ0v) is 13.1. The van der Waals surface area contributed by atoms with Crippen molar-refractivity contribution in [3.8, 4) is 11.5 Å². The van der Waals surface area contributed by atoms with Crippen LogP contribution in [0.25, 0.3) is 0 Å². The molecular weight excluding hydrogens is 286 g/mol. The third-order valence-electron chi connectivity index (χ3n) is 2.93. The van der Waals surface area contributed by atoms with Crippen LogP contribution < -0.4 is 9.47 Å². The van der Waals surface area contributed by atoms with Crippen LogP contribution in [0.4, 0.5) is 0 Å². The Bertz CT molecular complexity index is 541. The molecule has 0 unspecified atom stereocenters. The Hall–Kier alpha value is -2.50. The van der Waals surface area contributed by atoms with Gasteiger partial charge in [-0.25, -0.2) is 4.79 Å². The van der Waals surface area contributed by atoms with Crippen molar-refractivity contribution in [1.29, 1.82) is 0 Å². The number of amides is 1. The highest BCUT2D eigenvalue weighted by Gasteiger charge is 2.24. The van der Waals surface area contributed by atoms with Crippen molar-refractivity contribution in [2.45, 2.75) is 13.5 Å². The molecule has 0 spiro atoms. The average Bonchev–Trinajstić information content (AvgIpc) is 2.53. The molecule has 6 heteroatoms. The lowest BCUT2D eigenvalue weighted by molar-refractivity contribution is -0.159. The largest absolute Gasteiger partial charge is 0.493 e. The van der Waals surface area contributed by atoms with Gasteiger partial charge >= 0.3 is 11.9 Å². The molecule has 1 aromatic carbocycles. The number of hydrogen-bond donors (Lipinski definition) is 0. The van der Waals surface area contributed by atoms with Crippen LogP contribution in [0.2, 0.25) is 0 Å². The van der Waals surface area contributed by atoms with Gasteiger partial charge in [-0.3, -0.25) is 4.79 Å². The summed E-state index contributed by atoms with van der Waals surface area (Å²) in [7, 11) is 3.05. The SMILES string of the molecule is C=CCN(Cc1cccc(OC)c1OC)C(=O)C(=O)OCC. The summed E-state index contributed by atoms with van der Waals surface area (Å²) >= 11 is 0. The predicted molar refractivity (Wildman–Crippen MR) is 81.8 cm³/mol. The number of rotatable bonds is 7. The highest BCUT2D eigenvalue weighted by molar-refractivity contribution is 6.32. The lowest BCUT2D eigenvalue weighted by Crippen LogP contribution is -2.37. The van der Waals surface area contributed by atoms with Crippen molar-refractivity contribution in [1.82, 2.24) is 4.90 Å². The molecule has 0 aliphatic heterocycles. The molecule has 0 saturated heterocycles. The van der Waals surface area contributed by atoms with Crippen LogP contribution in [0, 0.1) is 0 Å². The van der Waals surface area contributed by atoms with Crippen molar-refractivity contribution >= 4 is 11.9 Å².